The minimum absolute atomic E-state index is 0.107. The highest BCUT2D eigenvalue weighted by atomic mass is 31.1. The molecule has 3 nitrogen and oxygen atoms in total. The highest BCUT2D eigenvalue weighted by Gasteiger charge is 2.40. The Bertz CT molecular complexity index is 1360. The average molecular weight is 552 g/mol. The number of nitrogens with zero attached hydrogens (tertiary/aromatic N) is 1. The fraction of sp³-hybridized carbons (Fsp3) is 0.265. The second-order valence-electron chi connectivity index (χ2n) is 11.5. The Balaban J connectivity index is 1.55. The molecule has 0 spiro atoms. The van der Waals surface area contributed by atoms with Crippen LogP contribution in [0.15, 0.2) is 120 Å². The number of benzene rings is 4. The molecular weight excluding hydrogens is 513 g/mol. The molecule has 2 atom stereocenters. The number of rotatable bonds is 8. The summed E-state index contributed by atoms with van der Waals surface area (Å²) in [7, 11) is -2.74. The molecule has 39 heavy (non-hydrogen) atoms. The second-order valence-corrected chi connectivity index (χ2v) is 18.5. The Kier molecular flexibility index (Phi) is 8.18. The number of hydrogen-bond donors (Lipinski definition) is 0. The van der Waals surface area contributed by atoms with Crippen LogP contribution >= 0.6 is 7.92 Å². The molecule has 4 aromatic carbocycles. The van der Waals surface area contributed by atoms with Crippen LogP contribution < -0.4 is 15.9 Å². The Morgan fingerprint density at radius 1 is 0.744 bits per heavy atom. The monoisotopic (exact) mass is 551 g/mol. The first-order valence-corrected chi connectivity index (χ1v) is 17.9. The summed E-state index contributed by atoms with van der Waals surface area (Å²) in [4.78, 5) is 5.23. The summed E-state index contributed by atoms with van der Waals surface area (Å²) in [6.45, 7) is 12.0. The van der Waals surface area contributed by atoms with Crippen LogP contribution in [0.5, 0.6) is 0 Å². The normalized spacial score (nSPS) is 17.6. The molecule has 0 saturated carbocycles. The molecule has 0 aromatic heterocycles. The van der Waals surface area contributed by atoms with Crippen molar-refractivity contribution in [3.8, 4) is 0 Å². The van der Waals surface area contributed by atoms with E-state index in [1.807, 2.05) is 6.07 Å². The molecule has 200 valence electrons. The van der Waals surface area contributed by atoms with E-state index in [0.717, 1.165) is 11.1 Å². The van der Waals surface area contributed by atoms with Crippen LogP contribution in [-0.4, -0.2) is 26.9 Å². The lowest BCUT2D eigenvalue weighted by Crippen LogP contribution is -2.42. The molecule has 0 N–H and O–H groups in total. The summed E-state index contributed by atoms with van der Waals surface area (Å²) in [5.74, 6) is 0.711. The molecule has 1 heterocycles. The van der Waals surface area contributed by atoms with Gasteiger partial charge < -0.3 is 9.16 Å². The van der Waals surface area contributed by atoms with Crippen LogP contribution in [0, 0.1) is 0 Å². The van der Waals surface area contributed by atoms with Crippen molar-refractivity contribution in [2.75, 3.05) is 6.61 Å². The van der Waals surface area contributed by atoms with E-state index in [1.165, 1.54) is 15.9 Å². The fourth-order valence-corrected chi connectivity index (χ4v) is 8.04. The van der Waals surface area contributed by atoms with Crippen LogP contribution in [0.1, 0.15) is 38.0 Å². The van der Waals surface area contributed by atoms with E-state index >= 15 is 0 Å². The topological polar surface area (TPSA) is 30.8 Å². The molecule has 4 aromatic rings. The fourth-order valence-electron chi connectivity index (χ4n) is 4.58. The lowest BCUT2D eigenvalue weighted by atomic mass is 10.0. The molecule has 0 saturated heterocycles. The van der Waals surface area contributed by atoms with E-state index in [1.54, 1.807) is 0 Å². The van der Waals surface area contributed by atoms with E-state index in [4.69, 9.17) is 14.2 Å². The van der Waals surface area contributed by atoms with Gasteiger partial charge in [-0.15, -0.1) is 0 Å². The summed E-state index contributed by atoms with van der Waals surface area (Å²) < 4.78 is 13.4. The minimum Gasteiger partial charge on any atom is -0.467 e. The van der Waals surface area contributed by atoms with Crippen LogP contribution in [0.4, 0.5) is 0 Å². The van der Waals surface area contributed by atoms with Crippen molar-refractivity contribution >= 4 is 38.1 Å². The summed E-state index contributed by atoms with van der Waals surface area (Å²) in [6.07, 6.45) is -0.182. The standard InChI is InChI=1S/C34H38NO2PSi/c1-34(2,3)39(4,5)36-25-30-32(26-17-9-6-10-18-26)37-33(35-30)29-23-15-16-24-31(29)38(27-19-11-7-12-20-27)28-21-13-8-14-22-28/h6-24,30,32H,25H2,1-5H3/t30-,32-/m0/s1. The Morgan fingerprint density at radius 2 is 1.26 bits per heavy atom. The zero-order valence-corrected chi connectivity index (χ0v) is 25.4. The number of aliphatic imine (C=N–C) groups is 1. The molecule has 0 aliphatic carbocycles. The van der Waals surface area contributed by atoms with Crippen molar-refractivity contribution < 1.29 is 9.16 Å². The molecule has 5 heteroatoms. The summed E-state index contributed by atoms with van der Waals surface area (Å²) in [6, 6.07) is 40.5. The maximum Gasteiger partial charge on any atom is 0.217 e. The zero-order valence-electron chi connectivity index (χ0n) is 23.5. The largest absolute Gasteiger partial charge is 0.467 e. The van der Waals surface area contributed by atoms with Gasteiger partial charge in [-0.3, -0.25) is 0 Å². The molecule has 0 fully saturated rings. The van der Waals surface area contributed by atoms with Gasteiger partial charge in [-0.2, -0.15) is 0 Å². The quantitative estimate of drug-likeness (QED) is 0.169. The maximum atomic E-state index is 6.76. The van der Waals surface area contributed by atoms with Crippen LogP contribution in [-0.2, 0) is 9.16 Å². The molecule has 1 aliphatic heterocycles. The van der Waals surface area contributed by atoms with Gasteiger partial charge in [0, 0.05) is 5.56 Å². The third-order valence-electron chi connectivity index (χ3n) is 7.82. The third-order valence-corrected chi connectivity index (χ3v) is 14.8. The van der Waals surface area contributed by atoms with E-state index < -0.39 is 16.2 Å². The third kappa shape index (κ3) is 6.09. The molecule has 0 unspecified atom stereocenters. The van der Waals surface area contributed by atoms with Gasteiger partial charge >= 0.3 is 0 Å². The van der Waals surface area contributed by atoms with Crippen LogP contribution in [0.2, 0.25) is 18.1 Å². The van der Waals surface area contributed by atoms with Gasteiger partial charge in [0.2, 0.25) is 5.90 Å². The summed E-state index contributed by atoms with van der Waals surface area (Å²) in [5, 5.41) is 4.00. The lowest BCUT2D eigenvalue weighted by molar-refractivity contribution is 0.154. The van der Waals surface area contributed by atoms with Crippen LogP contribution in [0.3, 0.4) is 0 Å². The van der Waals surface area contributed by atoms with Gasteiger partial charge in [-0.1, -0.05) is 130 Å². The molecule has 0 bridgehead atoms. The van der Waals surface area contributed by atoms with Gasteiger partial charge in [0.15, 0.2) is 14.4 Å². The van der Waals surface area contributed by atoms with Crippen molar-refractivity contribution in [1.29, 1.82) is 0 Å². The lowest BCUT2D eigenvalue weighted by Gasteiger charge is -2.37. The molecule has 0 radical (unpaired) electrons. The number of ether oxygens (including phenoxy) is 1. The minimum atomic E-state index is -1.94. The smallest absolute Gasteiger partial charge is 0.217 e. The molecular formula is C34H38NO2PSi. The van der Waals surface area contributed by atoms with Crippen molar-refractivity contribution in [3.05, 3.63) is 126 Å². The first-order valence-electron chi connectivity index (χ1n) is 13.7. The highest BCUT2D eigenvalue weighted by molar-refractivity contribution is 7.80. The van der Waals surface area contributed by atoms with Gasteiger partial charge in [-0.25, -0.2) is 4.99 Å². The number of hydrogen-bond acceptors (Lipinski definition) is 3. The molecule has 0 amide bonds. The van der Waals surface area contributed by atoms with E-state index in [9.17, 15) is 0 Å². The predicted octanol–water partition coefficient (Wildman–Crippen LogP) is 7.35. The summed E-state index contributed by atoms with van der Waals surface area (Å²) >= 11 is 0. The van der Waals surface area contributed by atoms with Crippen molar-refractivity contribution in [3.63, 3.8) is 0 Å². The van der Waals surface area contributed by atoms with Crippen molar-refractivity contribution in [1.82, 2.24) is 0 Å². The predicted molar refractivity (Wildman–Crippen MR) is 169 cm³/mol. The first-order chi connectivity index (χ1) is 18.7. The molecule has 1 aliphatic rings. The van der Waals surface area contributed by atoms with Gasteiger partial charge in [0.25, 0.3) is 0 Å². The van der Waals surface area contributed by atoms with Gasteiger partial charge in [-0.05, 0) is 53.6 Å². The van der Waals surface area contributed by atoms with Crippen molar-refractivity contribution in [2.45, 2.75) is 51.0 Å². The Morgan fingerprint density at radius 3 is 1.82 bits per heavy atom. The van der Waals surface area contributed by atoms with Gasteiger partial charge in [0.1, 0.15) is 6.04 Å². The Labute approximate surface area is 235 Å². The first kappa shape index (κ1) is 27.5. The molecule has 5 rings (SSSR count). The SMILES string of the molecule is CC(C)(C)[Si](C)(C)OC[C@@H]1N=C(c2ccccc2P(c2ccccc2)c2ccccc2)O[C@H]1c1ccccc1. The van der Waals surface area contributed by atoms with E-state index in [-0.39, 0.29) is 17.2 Å². The highest BCUT2D eigenvalue weighted by Crippen LogP contribution is 2.40. The van der Waals surface area contributed by atoms with E-state index in [2.05, 4.69) is 143 Å². The average Bonchev–Trinajstić information content (AvgIpc) is 3.38. The Hall–Kier alpha value is -3.04. The van der Waals surface area contributed by atoms with Gasteiger partial charge in [0.05, 0.1) is 6.61 Å². The maximum absolute atomic E-state index is 6.76. The van der Waals surface area contributed by atoms with E-state index in [0.29, 0.717) is 12.5 Å². The van der Waals surface area contributed by atoms with Crippen molar-refractivity contribution in [2.24, 2.45) is 4.99 Å². The second kappa shape index (κ2) is 11.6. The zero-order chi connectivity index (χ0) is 27.5. The summed E-state index contributed by atoms with van der Waals surface area (Å²) in [5.41, 5.74) is 2.19. The van der Waals surface area contributed by atoms with Crippen LogP contribution in [0.25, 0.3) is 0 Å².